The van der Waals surface area contributed by atoms with Gasteiger partial charge in [0.15, 0.2) is 5.82 Å². The zero-order chi connectivity index (χ0) is 16.0. The molecule has 1 unspecified atom stereocenters. The Labute approximate surface area is 130 Å². The Morgan fingerprint density at radius 2 is 1.71 bits per heavy atom. The average molecular weight is 344 g/mol. The van der Waals surface area contributed by atoms with E-state index >= 15 is 0 Å². The molecule has 2 rings (SSSR count). The largest absolute Gasteiger partial charge is 0.399 e. The van der Waals surface area contributed by atoms with E-state index in [4.69, 9.17) is 23.2 Å². The standard InChI is InChI=1S/C14H15Cl2F4N/c1-8(2)21-4-3-13(7-21,14(18,19)20)9-5-10(15)12(17)11(16)6-9/h5-6,8H,3-4,7H2,1-2H3. The zero-order valence-electron chi connectivity index (χ0n) is 11.6. The summed E-state index contributed by atoms with van der Waals surface area (Å²) in [7, 11) is 0. The van der Waals surface area contributed by atoms with E-state index in [1.807, 2.05) is 13.8 Å². The maximum absolute atomic E-state index is 13.7. The maximum atomic E-state index is 13.7. The lowest BCUT2D eigenvalue weighted by atomic mass is 9.79. The van der Waals surface area contributed by atoms with Crippen molar-refractivity contribution in [2.75, 3.05) is 13.1 Å². The van der Waals surface area contributed by atoms with Crippen molar-refractivity contribution < 1.29 is 17.6 Å². The van der Waals surface area contributed by atoms with Crippen molar-refractivity contribution in [3.05, 3.63) is 33.6 Å². The summed E-state index contributed by atoms with van der Waals surface area (Å²) in [5, 5.41) is -0.770. The molecule has 21 heavy (non-hydrogen) atoms. The summed E-state index contributed by atoms with van der Waals surface area (Å²) in [6.45, 7) is 3.84. The molecule has 0 saturated carbocycles. The highest BCUT2D eigenvalue weighted by atomic mass is 35.5. The van der Waals surface area contributed by atoms with Gasteiger partial charge in [-0.3, -0.25) is 4.90 Å². The van der Waals surface area contributed by atoms with Crippen molar-refractivity contribution in [3.63, 3.8) is 0 Å². The molecule has 1 atom stereocenters. The molecule has 0 aromatic heterocycles. The molecule has 0 bridgehead atoms. The molecule has 0 spiro atoms. The Hall–Kier alpha value is -0.520. The zero-order valence-corrected chi connectivity index (χ0v) is 13.1. The number of alkyl halides is 3. The Morgan fingerprint density at radius 3 is 2.10 bits per heavy atom. The summed E-state index contributed by atoms with van der Waals surface area (Å²) in [6, 6.07) is 2.08. The van der Waals surface area contributed by atoms with E-state index in [2.05, 4.69) is 0 Å². The molecule has 0 radical (unpaired) electrons. The predicted octanol–water partition coefficient (Wildman–Crippen LogP) is 5.05. The smallest absolute Gasteiger partial charge is 0.300 e. The average Bonchev–Trinajstić information content (AvgIpc) is 2.81. The van der Waals surface area contributed by atoms with Crippen LogP contribution in [0.1, 0.15) is 25.8 Å². The van der Waals surface area contributed by atoms with Gasteiger partial charge in [-0.05, 0) is 44.5 Å². The topological polar surface area (TPSA) is 3.24 Å². The van der Waals surface area contributed by atoms with Crippen LogP contribution in [0.15, 0.2) is 12.1 Å². The number of hydrogen-bond donors (Lipinski definition) is 0. The van der Waals surface area contributed by atoms with Gasteiger partial charge in [0, 0.05) is 12.6 Å². The van der Waals surface area contributed by atoms with Crippen molar-refractivity contribution in [2.45, 2.75) is 37.9 Å². The number of halogens is 6. The van der Waals surface area contributed by atoms with Gasteiger partial charge in [0.25, 0.3) is 0 Å². The van der Waals surface area contributed by atoms with E-state index in [1.54, 1.807) is 4.90 Å². The second-order valence-corrected chi connectivity index (χ2v) is 6.46. The normalized spacial score (nSPS) is 24.0. The maximum Gasteiger partial charge on any atom is 0.399 e. The van der Waals surface area contributed by atoms with Crippen LogP contribution in [-0.4, -0.2) is 30.2 Å². The van der Waals surface area contributed by atoms with E-state index in [-0.39, 0.29) is 34.6 Å². The summed E-state index contributed by atoms with van der Waals surface area (Å²) >= 11 is 11.3. The Morgan fingerprint density at radius 1 is 1.19 bits per heavy atom. The Kier molecular flexibility index (Phi) is 4.49. The quantitative estimate of drug-likeness (QED) is 0.536. The number of rotatable bonds is 2. The first-order valence-electron chi connectivity index (χ1n) is 6.54. The second kappa shape index (κ2) is 5.60. The van der Waals surface area contributed by atoms with Crippen LogP contribution in [0.4, 0.5) is 17.6 Å². The van der Waals surface area contributed by atoms with Crippen molar-refractivity contribution in [3.8, 4) is 0 Å². The molecule has 0 aliphatic carbocycles. The van der Waals surface area contributed by atoms with E-state index in [0.717, 1.165) is 12.1 Å². The molecule has 1 fully saturated rings. The molecular formula is C14H15Cl2F4N. The molecule has 118 valence electrons. The van der Waals surface area contributed by atoms with E-state index in [1.165, 1.54) is 0 Å². The van der Waals surface area contributed by atoms with Gasteiger partial charge in [0.2, 0.25) is 0 Å². The van der Waals surface area contributed by atoms with Crippen LogP contribution in [0.2, 0.25) is 10.0 Å². The SMILES string of the molecule is CC(C)N1CCC(c2cc(Cl)c(F)c(Cl)c2)(C(F)(F)F)C1. The third-order valence-electron chi connectivity index (χ3n) is 4.11. The fraction of sp³-hybridized carbons (Fsp3) is 0.571. The van der Waals surface area contributed by atoms with Gasteiger partial charge < -0.3 is 0 Å². The molecule has 0 N–H and O–H groups in total. The molecule has 7 heteroatoms. The number of likely N-dealkylation sites (tertiary alicyclic amines) is 1. The highest BCUT2D eigenvalue weighted by Gasteiger charge is 2.59. The van der Waals surface area contributed by atoms with Gasteiger partial charge in [0.05, 0.1) is 10.0 Å². The number of hydrogen-bond acceptors (Lipinski definition) is 1. The van der Waals surface area contributed by atoms with Gasteiger partial charge >= 0.3 is 6.18 Å². The number of benzene rings is 1. The molecular weight excluding hydrogens is 329 g/mol. The van der Waals surface area contributed by atoms with Gasteiger partial charge in [0.1, 0.15) is 5.41 Å². The molecule has 1 aromatic rings. The Bertz CT molecular complexity index is 521. The Balaban J connectivity index is 2.53. The molecule has 1 heterocycles. The molecule has 1 nitrogen and oxygen atoms in total. The first kappa shape index (κ1) is 16.8. The fourth-order valence-electron chi connectivity index (χ4n) is 2.74. The summed E-state index contributed by atoms with van der Waals surface area (Å²) < 4.78 is 54.6. The van der Waals surface area contributed by atoms with Crippen LogP contribution in [0, 0.1) is 5.82 Å². The fourth-order valence-corrected chi connectivity index (χ4v) is 3.23. The van der Waals surface area contributed by atoms with Gasteiger partial charge in [-0.2, -0.15) is 13.2 Å². The first-order chi connectivity index (χ1) is 9.58. The van der Waals surface area contributed by atoms with E-state index < -0.39 is 17.4 Å². The van der Waals surface area contributed by atoms with Crippen molar-refractivity contribution in [1.29, 1.82) is 0 Å². The summed E-state index contributed by atoms with van der Waals surface area (Å²) in [5.41, 5.74) is -2.13. The third kappa shape index (κ3) is 2.88. The van der Waals surface area contributed by atoms with Crippen molar-refractivity contribution in [1.82, 2.24) is 4.90 Å². The summed E-state index contributed by atoms with van der Waals surface area (Å²) in [4.78, 5) is 1.75. The molecule has 1 aliphatic rings. The lowest BCUT2D eigenvalue weighted by Crippen LogP contribution is -2.45. The first-order valence-corrected chi connectivity index (χ1v) is 7.30. The van der Waals surface area contributed by atoms with Crippen LogP contribution in [0.25, 0.3) is 0 Å². The molecule has 1 aromatic carbocycles. The lowest BCUT2D eigenvalue weighted by molar-refractivity contribution is -0.187. The van der Waals surface area contributed by atoms with Gasteiger partial charge in [-0.1, -0.05) is 23.2 Å². The highest BCUT2D eigenvalue weighted by molar-refractivity contribution is 6.35. The monoisotopic (exact) mass is 343 g/mol. The van der Waals surface area contributed by atoms with Crippen LogP contribution in [0.3, 0.4) is 0 Å². The summed E-state index contributed by atoms with van der Waals surface area (Å²) in [5.74, 6) is -0.891. The number of nitrogens with zero attached hydrogens (tertiary/aromatic N) is 1. The summed E-state index contributed by atoms with van der Waals surface area (Å²) in [6.07, 6.45) is -4.55. The van der Waals surface area contributed by atoms with Crippen LogP contribution >= 0.6 is 23.2 Å². The third-order valence-corrected chi connectivity index (χ3v) is 4.66. The highest BCUT2D eigenvalue weighted by Crippen LogP contribution is 2.49. The molecule has 0 amide bonds. The minimum absolute atomic E-state index is 0.000572. The predicted molar refractivity (Wildman–Crippen MR) is 75.5 cm³/mol. The minimum atomic E-state index is -4.46. The van der Waals surface area contributed by atoms with Crippen LogP contribution in [0.5, 0.6) is 0 Å². The molecule has 1 aliphatic heterocycles. The minimum Gasteiger partial charge on any atom is -0.300 e. The van der Waals surface area contributed by atoms with Crippen molar-refractivity contribution >= 4 is 23.2 Å². The van der Waals surface area contributed by atoms with E-state index in [0.29, 0.717) is 6.54 Å². The van der Waals surface area contributed by atoms with Crippen LogP contribution < -0.4 is 0 Å². The van der Waals surface area contributed by atoms with E-state index in [9.17, 15) is 17.6 Å². The van der Waals surface area contributed by atoms with Crippen LogP contribution in [-0.2, 0) is 5.41 Å². The van der Waals surface area contributed by atoms with Gasteiger partial charge in [-0.15, -0.1) is 0 Å². The second-order valence-electron chi connectivity index (χ2n) is 5.65. The molecule has 1 saturated heterocycles. The van der Waals surface area contributed by atoms with Crippen molar-refractivity contribution in [2.24, 2.45) is 0 Å². The van der Waals surface area contributed by atoms with Gasteiger partial charge in [-0.25, -0.2) is 4.39 Å². The lowest BCUT2D eigenvalue weighted by Gasteiger charge is -2.33.